The third kappa shape index (κ3) is 3.94. The summed E-state index contributed by atoms with van der Waals surface area (Å²) in [6.45, 7) is 5.90. The first-order valence-corrected chi connectivity index (χ1v) is 10.3. The third-order valence-electron chi connectivity index (χ3n) is 6.05. The van der Waals surface area contributed by atoms with Crippen molar-refractivity contribution in [3.8, 4) is 0 Å². The number of hydrogen-bond acceptors (Lipinski definition) is 7. The highest BCUT2D eigenvalue weighted by molar-refractivity contribution is 5.69. The van der Waals surface area contributed by atoms with E-state index in [1.54, 1.807) is 17.9 Å². The Kier molecular flexibility index (Phi) is 5.56. The number of quaternary nitrogens is 1. The van der Waals surface area contributed by atoms with Crippen molar-refractivity contribution in [3.05, 3.63) is 38.9 Å². The second-order valence-corrected chi connectivity index (χ2v) is 8.31. The fourth-order valence-corrected chi connectivity index (χ4v) is 3.99. The molecule has 4 rings (SSSR count). The Morgan fingerprint density at radius 2 is 1.93 bits per heavy atom. The molecule has 0 atom stereocenters. The van der Waals surface area contributed by atoms with E-state index in [4.69, 9.17) is 4.52 Å². The fraction of sp³-hybridized carbons (Fsp3) is 0.632. The van der Waals surface area contributed by atoms with Crippen molar-refractivity contribution in [2.75, 3.05) is 39.8 Å². The molecule has 11 nitrogen and oxygen atoms in total. The maximum absolute atomic E-state index is 12.5. The van der Waals surface area contributed by atoms with Gasteiger partial charge in [-0.15, -0.1) is 0 Å². The molecule has 3 aromatic heterocycles. The minimum absolute atomic E-state index is 0.336. The molecular formula is C19H29N8O3+. The smallest absolute Gasteiger partial charge is 0.332 e. The standard InChI is InChI=1S/C19H29N8O3/c1-24-17-16(18(28)25(2)19(24)29)26(13-21-17)9-4-5-14-22-15(30-23-14)6-10-27(3)11-7-20-8-12-27/h13,20H,4-12H2,1-3H3/q+1. The number of aryl methyl sites for hydroxylation is 3. The molecule has 0 aliphatic carbocycles. The van der Waals surface area contributed by atoms with E-state index >= 15 is 0 Å². The zero-order valence-corrected chi connectivity index (χ0v) is 17.8. The van der Waals surface area contributed by atoms with Gasteiger partial charge in [0.1, 0.15) is 0 Å². The van der Waals surface area contributed by atoms with Crippen LogP contribution >= 0.6 is 0 Å². The average Bonchev–Trinajstić information content (AvgIpc) is 3.37. The van der Waals surface area contributed by atoms with Crippen molar-refractivity contribution in [1.29, 1.82) is 0 Å². The lowest BCUT2D eigenvalue weighted by atomic mass is 10.2. The first-order chi connectivity index (χ1) is 14.4. The summed E-state index contributed by atoms with van der Waals surface area (Å²) in [4.78, 5) is 33.3. The first-order valence-electron chi connectivity index (χ1n) is 10.3. The number of fused-ring (bicyclic) bond motifs is 1. The van der Waals surface area contributed by atoms with Gasteiger partial charge in [0.2, 0.25) is 5.89 Å². The summed E-state index contributed by atoms with van der Waals surface area (Å²) in [5, 5.41) is 7.49. The number of likely N-dealkylation sites (N-methyl/N-ethyl adjacent to an activating group) is 1. The van der Waals surface area contributed by atoms with Crippen LogP contribution in [0.5, 0.6) is 0 Å². The van der Waals surface area contributed by atoms with E-state index in [-0.39, 0.29) is 11.2 Å². The average molecular weight is 417 g/mol. The van der Waals surface area contributed by atoms with E-state index in [9.17, 15) is 9.59 Å². The molecule has 0 spiro atoms. The van der Waals surface area contributed by atoms with E-state index in [2.05, 4.69) is 27.5 Å². The fourth-order valence-electron chi connectivity index (χ4n) is 3.99. The lowest BCUT2D eigenvalue weighted by Gasteiger charge is -2.37. The van der Waals surface area contributed by atoms with Crippen molar-refractivity contribution < 1.29 is 9.01 Å². The molecule has 3 aromatic rings. The summed E-state index contributed by atoms with van der Waals surface area (Å²) in [7, 11) is 5.37. The van der Waals surface area contributed by atoms with E-state index < -0.39 is 0 Å². The van der Waals surface area contributed by atoms with Gasteiger partial charge in [-0.3, -0.25) is 13.9 Å². The number of aromatic nitrogens is 6. The number of imidazole rings is 1. The predicted molar refractivity (Wildman–Crippen MR) is 110 cm³/mol. The van der Waals surface area contributed by atoms with Crippen molar-refractivity contribution in [1.82, 2.24) is 34.1 Å². The quantitative estimate of drug-likeness (QED) is 0.493. The van der Waals surface area contributed by atoms with Gasteiger partial charge < -0.3 is 18.9 Å². The second-order valence-electron chi connectivity index (χ2n) is 8.31. The number of nitrogens with zero attached hydrogens (tertiary/aromatic N) is 7. The number of rotatable bonds is 7. The van der Waals surface area contributed by atoms with Crippen LogP contribution in [-0.4, -0.2) is 73.1 Å². The molecule has 30 heavy (non-hydrogen) atoms. The molecule has 1 saturated heterocycles. The highest BCUT2D eigenvalue weighted by Gasteiger charge is 2.25. The Balaban J connectivity index is 1.36. The Morgan fingerprint density at radius 1 is 1.17 bits per heavy atom. The Bertz CT molecular complexity index is 1150. The summed E-state index contributed by atoms with van der Waals surface area (Å²) in [6, 6.07) is 0. The summed E-state index contributed by atoms with van der Waals surface area (Å²) < 4.78 is 10.7. The van der Waals surface area contributed by atoms with Crippen LogP contribution < -0.4 is 16.6 Å². The van der Waals surface area contributed by atoms with Crippen LogP contribution in [0.15, 0.2) is 20.4 Å². The van der Waals surface area contributed by atoms with E-state index in [0.29, 0.717) is 35.8 Å². The maximum Gasteiger partial charge on any atom is 0.332 e. The highest BCUT2D eigenvalue weighted by Crippen LogP contribution is 2.10. The van der Waals surface area contributed by atoms with Gasteiger partial charge in [-0.25, -0.2) is 9.78 Å². The summed E-state index contributed by atoms with van der Waals surface area (Å²) in [6.07, 6.45) is 3.76. The summed E-state index contributed by atoms with van der Waals surface area (Å²) in [5.41, 5.74) is 0.113. The van der Waals surface area contributed by atoms with Crippen molar-refractivity contribution >= 4 is 11.2 Å². The van der Waals surface area contributed by atoms with Gasteiger partial charge in [0.25, 0.3) is 5.56 Å². The van der Waals surface area contributed by atoms with Gasteiger partial charge >= 0.3 is 5.69 Å². The van der Waals surface area contributed by atoms with Crippen molar-refractivity contribution in [2.24, 2.45) is 14.1 Å². The highest BCUT2D eigenvalue weighted by atomic mass is 16.5. The second kappa shape index (κ2) is 8.15. The number of hydrogen-bond donors (Lipinski definition) is 1. The molecule has 0 bridgehead atoms. The molecule has 1 aliphatic heterocycles. The minimum atomic E-state index is -0.381. The van der Waals surface area contributed by atoms with Crippen LogP contribution in [0.2, 0.25) is 0 Å². The lowest BCUT2D eigenvalue weighted by Crippen LogP contribution is -2.56. The Morgan fingerprint density at radius 3 is 2.70 bits per heavy atom. The van der Waals surface area contributed by atoms with Crippen LogP contribution in [0.1, 0.15) is 18.1 Å². The SMILES string of the molecule is Cn1c(=O)c2c(ncn2CCCc2noc(CC[N+]3(C)CCNCC3)n2)n(C)c1=O. The van der Waals surface area contributed by atoms with Crippen molar-refractivity contribution in [3.63, 3.8) is 0 Å². The lowest BCUT2D eigenvalue weighted by molar-refractivity contribution is -0.911. The summed E-state index contributed by atoms with van der Waals surface area (Å²) >= 11 is 0. The van der Waals surface area contributed by atoms with Crippen LogP contribution in [-0.2, 0) is 33.5 Å². The van der Waals surface area contributed by atoms with Gasteiger partial charge in [0.05, 0.1) is 39.4 Å². The van der Waals surface area contributed by atoms with Gasteiger partial charge in [0, 0.05) is 40.2 Å². The molecular weight excluding hydrogens is 388 g/mol. The molecule has 11 heteroatoms. The molecule has 0 saturated carbocycles. The molecule has 0 amide bonds. The zero-order chi connectivity index (χ0) is 21.3. The zero-order valence-electron chi connectivity index (χ0n) is 17.8. The molecule has 0 radical (unpaired) electrons. The first kappa shape index (κ1) is 20.5. The Hall–Kier alpha value is -2.79. The molecule has 162 valence electrons. The van der Waals surface area contributed by atoms with Gasteiger partial charge in [-0.1, -0.05) is 5.16 Å². The molecule has 1 N–H and O–H groups in total. The largest absolute Gasteiger partial charge is 0.339 e. The van der Waals surface area contributed by atoms with E-state index in [1.165, 1.54) is 11.6 Å². The predicted octanol–water partition coefficient (Wildman–Crippen LogP) is -0.958. The Labute approximate surface area is 173 Å². The molecule has 4 heterocycles. The third-order valence-corrected chi connectivity index (χ3v) is 6.05. The maximum atomic E-state index is 12.5. The normalized spacial score (nSPS) is 16.4. The van der Waals surface area contributed by atoms with Gasteiger partial charge in [-0.05, 0) is 6.42 Å². The monoisotopic (exact) mass is 417 g/mol. The van der Waals surface area contributed by atoms with E-state index in [1.807, 2.05) is 0 Å². The number of nitrogens with one attached hydrogen (secondary N) is 1. The van der Waals surface area contributed by atoms with E-state index in [0.717, 1.165) is 54.6 Å². The molecule has 1 aliphatic rings. The van der Waals surface area contributed by atoms with Crippen LogP contribution in [0.25, 0.3) is 11.2 Å². The van der Waals surface area contributed by atoms with Crippen LogP contribution in [0.3, 0.4) is 0 Å². The minimum Gasteiger partial charge on any atom is -0.339 e. The van der Waals surface area contributed by atoms with Crippen LogP contribution in [0, 0.1) is 0 Å². The van der Waals surface area contributed by atoms with Gasteiger partial charge in [0.15, 0.2) is 17.0 Å². The number of piperazine rings is 1. The topological polar surface area (TPSA) is 113 Å². The summed E-state index contributed by atoms with van der Waals surface area (Å²) in [5.74, 6) is 1.36. The van der Waals surface area contributed by atoms with Crippen molar-refractivity contribution in [2.45, 2.75) is 25.8 Å². The van der Waals surface area contributed by atoms with Crippen LogP contribution in [0.4, 0.5) is 0 Å². The van der Waals surface area contributed by atoms with Gasteiger partial charge in [-0.2, -0.15) is 4.98 Å². The molecule has 1 fully saturated rings. The molecule has 0 unspecified atom stereocenters. The molecule has 0 aromatic carbocycles.